The van der Waals surface area contributed by atoms with Crippen molar-refractivity contribution < 1.29 is 28.2 Å². The Morgan fingerprint density at radius 3 is 2.35 bits per heavy atom. The Morgan fingerprint density at radius 1 is 1.13 bits per heavy atom. The Morgan fingerprint density at radius 2 is 1.77 bits per heavy atom. The first-order valence-corrected chi connectivity index (χ1v) is 10.5. The lowest BCUT2D eigenvalue weighted by Gasteiger charge is -2.18. The topological polar surface area (TPSA) is 71.4 Å². The molecular weight excluding hydrogens is 426 g/mol. The molecule has 9 heteroatoms. The van der Waals surface area contributed by atoms with Crippen LogP contribution in [-0.2, 0) is 4.79 Å². The van der Waals surface area contributed by atoms with Crippen LogP contribution < -0.4 is 14.4 Å². The molecule has 6 nitrogen and oxygen atoms in total. The van der Waals surface area contributed by atoms with Crippen LogP contribution in [0.15, 0.2) is 59.2 Å². The van der Waals surface area contributed by atoms with Gasteiger partial charge < -0.3 is 14.6 Å². The first kappa shape index (κ1) is 22.8. The van der Waals surface area contributed by atoms with Crippen LogP contribution in [0, 0.1) is 0 Å². The van der Waals surface area contributed by atoms with Gasteiger partial charge in [-0.15, -0.1) is 0 Å². The van der Waals surface area contributed by atoms with E-state index in [-0.39, 0.29) is 17.4 Å². The minimum absolute atomic E-state index is 0.000332. The number of carbonyl (C=O) groups is 1. The summed E-state index contributed by atoms with van der Waals surface area (Å²) >= 11 is 1.34. The number of alkyl halides is 2. The van der Waals surface area contributed by atoms with Crippen molar-refractivity contribution in [2.24, 2.45) is 4.99 Å². The molecule has 2 aromatic carbocycles. The van der Waals surface area contributed by atoms with E-state index in [9.17, 15) is 18.7 Å². The van der Waals surface area contributed by atoms with E-state index in [4.69, 9.17) is 4.74 Å². The van der Waals surface area contributed by atoms with E-state index in [0.717, 1.165) is 5.56 Å². The average molecular weight is 448 g/mol. The second-order valence-electron chi connectivity index (χ2n) is 6.70. The van der Waals surface area contributed by atoms with Crippen LogP contribution in [0.1, 0.15) is 18.9 Å². The predicted molar refractivity (Wildman–Crippen MR) is 118 cm³/mol. The smallest absolute Gasteiger partial charge is 0.387 e. The lowest BCUT2D eigenvalue weighted by Crippen LogP contribution is -2.30. The molecule has 164 valence electrons. The first-order chi connectivity index (χ1) is 14.9. The largest absolute Gasteiger partial charge is 0.497 e. The number of carbonyl (C=O) groups excluding carboxylic acids is 1. The van der Waals surface area contributed by atoms with Crippen molar-refractivity contribution in [2.45, 2.75) is 26.1 Å². The Bertz CT molecular complexity index is 960. The fraction of sp³-hybridized carbons (Fsp3) is 0.273. The minimum Gasteiger partial charge on any atom is -0.497 e. The molecule has 0 bridgehead atoms. The van der Waals surface area contributed by atoms with Crippen LogP contribution in [-0.4, -0.2) is 41.8 Å². The van der Waals surface area contributed by atoms with Crippen LogP contribution in [0.25, 0.3) is 6.08 Å². The third-order valence-corrected chi connectivity index (χ3v) is 5.31. The molecule has 1 unspecified atom stereocenters. The zero-order chi connectivity index (χ0) is 22.4. The molecule has 0 radical (unpaired) electrons. The van der Waals surface area contributed by atoms with Crippen LogP contribution in [0.5, 0.6) is 11.5 Å². The van der Waals surface area contributed by atoms with Gasteiger partial charge in [-0.05, 0) is 61.4 Å². The fourth-order valence-electron chi connectivity index (χ4n) is 2.78. The molecule has 0 aliphatic carbocycles. The fourth-order valence-corrected chi connectivity index (χ4v) is 3.90. The van der Waals surface area contributed by atoms with Gasteiger partial charge in [0.15, 0.2) is 5.17 Å². The summed E-state index contributed by atoms with van der Waals surface area (Å²) in [6.07, 6.45) is 1.73. The van der Waals surface area contributed by atoms with E-state index >= 15 is 0 Å². The molecule has 1 aliphatic heterocycles. The number of hydrogen-bond acceptors (Lipinski definition) is 6. The second-order valence-corrected chi connectivity index (χ2v) is 7.76. The van der Waals surface area contributed by atoms with E-state index in [1.165, 1.54) is 40.9 Å². The highest BCUT2D eigenvalue weighted by Gasteiger charge is 2.32. The average Bonchev–Trinajstić information content (AvgIpc) is 3.03. The summed E-state index contributed by atoms with van der Waals surface area (Å²) in [5.74, 6) is 0.922. The number of thioether (sulfide) groups is 1. The third-order valence-electron chi connectivity index (χ3n) is 4.34. The summed E-state index contributed by atoms with van der Waals surface area (Å²) < 4.78 is 34.3. The summed E-state index contributed by atoms with van der Waals surface area (Å²) in [7, 11) is 1.57. The molecule has 1 N–H and O–H groups in total. The Balaban J connectivity index is 1.87. The summed E-state index contributed by atoms with van der Waals surface area (Å²) in [5, 5.41) is 9.97. The number of ether oxygens (including phenoxy) is 2. The first-order valence-electron chi connectivity index (χ1n) is 9.52. The number of rotatable bonds is 8. The van der Waals surface area contributed by atoms with E-state index in [1.54, 1.807) is 32.2 Å². The number of anilines is 1. The third kappa shape index (κ3) is 6.05. The van der Waals surface area contributed by atoms with Gasteiger partial charge in [0, 0.05) is 5.75 Å². The lowest BCUT2D eigenvalue weighted by molar-refractivity contribution is -0.113. The van der Waals surface area contributed by atoms with Crippen molar-refractivity contribution in [3.63, 3.8) is 0 Å². The highest BCUT2D eigenvalue weighted by Crippen LogP contribution is 2.31. The van der Waals surface area contributed by atoms with Crippen LogP contribution in [0.4, 0.5) is 14.5 Å². The zero-order valence-corrected chi connectivity index (χ0v) is 17.8. The molecule has 0 saturated heterocycles. The molecule has 1 atom stereocenters. The number of nitrogens with zero attached hydrogens (tertiary/aromatic N) is 2. The number of hydrogen-bond donors (Lipinski definition) is 1. The van der Waals surface area contributed by atoms with Crippen molar-refractivity contribution in [3.05, 3.63) is 59.8 Å². The summed E-state index contributed by atoms with van der Waals surface area (Å²) in [6, 6.07) is 13.0. The standard InChI is InChI=1S/C22H22F2N2O4S/c1-14(27)11-12-31-22-25-19(13-15-3-7-17(29-2)8-4-15)20(28)26(22)16-5-9-18(10-6-16)30-21(23)24/h3-10,13-14,21,27H,11-12H2,1-2H3/b19-13+. The number of amides is 1. The number of benzene rings is 2. The number of aliphatic imine (C=N–C) groups is 1. The highest BCUT2D eigenvalue weighted by atomic mass is 32.2. The predicted octanol–water partition coefficient (Wildman–Crippen LogP) is 4.54. The van der Waals surface area contributed by atoms with Crippen molar-refractivity contribution in [1.82, 2.24) is 0 Å². The normalized spacial score (nSPS) is 16.1. The summed E-state index contributed by atoms with van der Waals surface area (Å²) in [4.78, 5) is 19.0. The zero-order valence-electron chi connectivity index (χ0n) is 17.0. The molecule has 2 aromatic rings. The Labute approximate surface area is 183 Å². The number of aliphatic hydroxyl groups is 1. The maximum Gasteiger partial charge on any atom is 0.387 e. The van der Waals surface area contributed by atoms with Gasteiger partial charge in [-0.3, -0.25) is 9.69 Å². The van der Waals surface area contributed by atoms with E-state index in [0.29, 0.717) is 28.8 Å². The Kier molecular flexibility index (Phi) is 7.64. The minimum atomic E-state index is -2.92. The molecule has 1 aliphatic rings. The van der Waals surface area contributed by atoms with Gasteiger partial charge in [0.1, 0.15) is 17.2 Å². The van der Waals surface area contributed by atoms with Gasteiger partial charge in [-0.1, -0.05) is 23.9 Å². The van der Waals surface area contributed by atoms with Gasteiger partial charge in [0.2, 0.25) is 0 Å². The summed E-state index contributed by atoms with van der Waals surface area (Å²) in [6.45, 7) is -1.23. The second kappa shape index (κ2) is 10.4. The van der Waals surface area contributed by atoms with Crippen LogP contribution in [0.3, 0.4) is 0 Å². The molecule has 0 spiro atoms. The van der Waals surface area contributed by atoms with Crippen molar-refractivity contribution >= 4 is 34.6 Å². The number of aliphatic hydroxyl groups excluding tert-OH is 1. The van der Waals surface area contributed by atoms with Gasteiger partial charge in [-0.2, -0.15) is 8.78 Å². The molecule has 3 rings (SSSR count). The number of methoxy groups -OCH3 is 1. The molecule has 1 heterocycles. The van der Waals surface area contributed by atoms with E-state index < -0.39 is 12.7 Å². The molecule has 0 aromatic heterocycles. The molecule has 0 fully saturated rings. The molecule has 31 heavy (non-hydrogen) atoms. The van der Waals surface area contributed by atoms with E-state index in [2.05, 4.69) is 9.73 Å². The Hall–Kier alpha value is -2.91. The van der Waals surface area contributed by atoms with Crippen molar-refractivity contribution in [1.29, 1.82) is 0 Å². The molecule has 1 amide bonds. The van der Waals surface area contributed by atoms with Crippen LogP contribution >= 0.6 is 11.8 Å². The van der Waals surface area contributed by atoms with Crippen LogP contribution in [0.2, 0.25) is 0 Å². The maximum atomic E-state index is 13.1. The summed E-state index contributed by atoms with van der Waals surface area (Å²) in [5.41, 5.74) is 1.51. The molecule has 0 saturated carbocycles. The van der Waals surface area contributed by atoms with Crippen molar-refractivity contribution in [2.75, 3.05) is 17.8 Å². The van der Waals surface area contributed by atoms with Gasteiger partial charge in [-0.25, -0.2) is 4.99 Å². The SMILES string of the molecule is COc1ccc(/C=C2/N=C(SCCC(C)O)N(c3ccc(OC(F)F)cc3)C2=O)cc1. The number of amidine groups is 1. The monoisotopic (exact) mass is 448 g/mol. The quantitative estimate of drug-likeness (QED) is 0.600. The van der Waals surface area contributed by atoms with Crippen molar-refractivity contribution in [3.8, 4) is 11.5 Å². The van der Waals surface area contributed by atoms with E-state index in [1.807, 2.05) is 12.1 Å². The van der Waals surface area contributed by atoms with Gasteiger partial charge >= 0.3 is 6.61 Å². The highest BCUT2D eigenvalue weighted by molar-refractivity contribution is 8.14. The molecular formula is C22H22F2N2O4S. The van der Waals surface area contributed by atoms with Gasteiger partial charge in [0.25, 0.3) is 5.91 Å². The van der Waals surface area contributed by atoms with Gasteiger partial charge in [0.05, 0.1) is 18.9 Å². The lowest BCUT2D eigenvalue weighted by atomic mass is 10.2. The maximum absolute atomic E-state index is 13.1. The number of halogens is 2.